The molecule has 0 unspecified atom stereocenters. The van der Waals surface area contributed by atoms with Gasteiger partial charge in [0.15, 0.2) is 0 Å². The summed E-state index contributed by atoms with van der Waals surface area (Å²) >= 11 is 5.61. The van der Waals surface area contributed by atoms with Crippen LogP contribution in [0.25, 0.3) is 0 Å². The van der Waals surface area contributed by atoms with Crippen molar-refractivity contribution in [3.8, 4) is 11.6 Å². The molecule has 0 aliphatic heterocycles. The molecular weight excluding hydrogens is 269 g/mol. The van der Waals surface area contributed by atoms with Crippen molar-refractivity contribution in [2.45, 2.75) is 20.5 Å². The van der Waals surface area contributed by atoms with E-state index in [0.717, 1.165) is 11.3 Å². The van der Waals surface area contributed by atoms with Crippen molar-refractivity contribution in [3.63, 3.8) is 0 Å². The highest BCUT2D eigenvalue weighted by molar-refractivity contribution is 6.30. The van der Waals surface area contributed by atoms with E-state index in [9.17, 15) is 9.50 Å². The van der Waals surface area contributed by atoms with E-state index in [4.69, 9.17) is 16.3 Å². The standard InChI is InChI=1S/C14H13ClFNO2/c1-8-5-9(2)17-14(11(8)7-18)19-10-3-4-12(15)13(16)6-10/h3-6,18H,7H2,1-2H3. The lowest BCUT2D eigenvalue weighted by molar-refractivity contribution is 0.274. The van der Waals surface area contributed by atoms with Crippen LogP contribution >= 0.6 is 11.6 Å². The Labute approximate surface area is 115 Å². The molecule has 1 heterocycles. The second kappa shape index (κ2) is 5.55. The maximum atomic E-state index is 13.3. The van der Waals surface area contributed by atoms with Crippen molar-refractivity contribution in [3.05, 3.63) is 51.9 Å². The number of aryl methyl sites for hydroxylation is 2. The van der Waals surface area contributed by atoms with Crippen LogP contribution in [0.3, 0.4) is 0 Å². The maximum absolute atomic E-state index is 13.3. The smallest absolute Gasteiger partial charge is 0.225 e. The second-order valence-electron chi connectivity index (χ2n) is 4.20. The van der Waals surface area contributed by atoms with Crippen LogP contribution in [0.5, 0.6) is 11.6 Å². The van der Waals surface area contributed by atoms with Gasteiger partial charge < -0.3 is 9.84 Å². The molecule has 0 radical (unpaired) electrons. The van der Waals surface area contributed by atoms with Crippen LogP contribution in [0.1, 0.15) is 16.8 Å². The number of ether oxygens (including phenoxy) is 1. The Hall–Kier alpha value is -1.65. The Kier molecular flexibility index (Phi) is 4.02. The molecule has 3 nitrogen and oxygen atoms in total. The lowest BCUT2D eigenvalue weighted by Gasteiger charge is -2.12. The van der Waals surface area contributed by atoms with Crippen molar-refractivity contribution < 1.29 is 14.2 Å². The quantitative estimate of drug-likeness (QED) is 0.931. The topological polar surface area (TPSA) is 42.4 Å². The van der Waals surface area contributed by atoms with Gasteiger partial charge in [0.1, 0.15) is 11.6 Å². The Balaban J connectivity index is 2.39. The molecule has 0 aliphatic carbocycles. The molecule has 0 fully saturated rings. The summed E-state index contributed by atoms with van der Waals surface area (Å²) in [6.07, 6.45) is 0. The van der Waals surface area contributed by atoms with Gasteiger partial charge in [0.2, 0.25) is 5.88 Å². The number of rotatable bonds is 3. The lowest BCUT2D eigenvalue weighted by atomic mass is 10.1. The molecule has 0 amide bonds. The minimum atomic E-state index is -0.561. The van der Waals surface area contributed by atoms with Gasteiger partial charge in [-0.2, -0.15) is 0 Å². The molecule has 0 aliphatic rings. The zero-order chi connectivity index (χ0) is 14.0. The summed E-state index contributed by atoms with van der Waals surface area (Å²) in [5.41, 5.74) is 2.22. The average Bonchev–Trinajstić information content (AvgIpc) is 2.33. The molecule has 0 atom stereocenters. The summed E-state index contributed by atoms with van der Waals surface area (Å²) in [5, 5.41) is 9.38. The van der Waals surface area contributed by atoms with E-state index >= 15 is 0 Å². The second-order valence-corrected chi connectivity index (χ2v) is 4.61. The number of aliphatic hydroxyl groups excluding tert-OH is 1. The van der Waals surface area contributed by atoms with Crippen molar-refractivity contribution in [2.24, 2.45) is 0 Å². The van der Waals surface area contributed by atoms with E-state index in [1.54, 1.807) is 6.07 Å². The van der Waals surface area contributed by atoms with Crippen LogP contribution in [-0.4, -0.2) is 10.1 Å². The average molecular weight is 282 g/mol. The number of hydrogen-bond donors (Lipinski definition) is 1. The summed E-state index contributed by atoms with van der Waals surface area (Å²) in [6.45, 7) is 3.49. The third-order valence-electron chi connectivity index (χ3n) is 2.70. The zero-order valence-electron chi connectivity index (χ0n) is 10.6. The summed E-state index contributed by atoms with van der Waals surface area (Å²) in [5.74, 6) is 0.00455. The molecule has 5 heteroatoms. The Morgan fingerprint density at radius 2 is 2.05 bits per heavy atom. The fraction of sp³-hybridized carbons (Fsp3) is 0.214. The Morgan fingerprint density at radius 1 is 1.32 bits per heavy atom. The first-order valence-electron chi connectivity index (χ1n) is 5.72. The predicted molar refractivity (Wildman–Crippen MR) is 71.1 cm³/mol. The summed E-state index contributed by atoms with van der Waals surface area (Å²) in [7, 11) is 0. The van der Waals surface area contributed by atoms with Crippen LogP contribution in [0.2, 0.25) is 5.02 Å². The van der Waals surface area contributed by atoms with Crippen LogP contribution in [0.4, 0.5) is 4.39 Å². The van der Waals surface area contributed by atoms with Gasteiger partial charge >= 0.3 is 0 Å². The molecule has 1 N–H and O–H groups in total. The third-order valence-corrected chi connectivity index (χ3v) is 3.01. The first kappa shape index (κ1) is 13.8. The summed E-state index contributed by atoms with van der Waals surface area (Å²) in [4.78, 5) is 4.21. The molecular formula is C14H13ClFNO2. The van der Waals surface area contributed by atoms with Gasteiger partial charge in [-0.15, -0.1) is 0 Å². The van der Waals surface area contributed by atoms with Crippen LogP contribution < -0.4 is 4.74 Å². The van der Waals surface area contributed by atoms with Gasteiger partial charge in [0.25, 0.3) is 0 Å². The monoisotopic (exact) mass is 281 g/mol. The molecule has 100 valence electrons. The van der Waals surface area contributed by atoms with E-state index in [2.05, 4.69) is 4.98 Å². The van der Waals surface area contributed by atoms with Crippen molar-refractivity contribution in [2.75, 3.05) is 0 Å². The number of halogens is 2. The normalized spacial score (nSPS) is 10.6. The first-order chi connectivity index (χ1) is 9.01. The van der Waals surface area contributed by atoms with Gasteiger partial charge in [0.05, 0.1) is 11.6 Å². The van der Waals surface area contributed by atoms with Crippen LogP contribution in [0.15, 0.2) is 24.3 Å². The fourth-order valence-corrected chi connectivity index (χ4v) is 1.88. The van der Waals surface area contributed by atoms with Gasteiger partial charge in [-0.1, -0.05) is 11.6 Å². The summed E-state index contributed by atoms with van der Waals surface area (Å²) in [6, 6.07) is 5.99. The fourth-order valence-electron chi connectivity index (χ4n) is 1.76. The molecule has 2 aromatic rings. The molecule has 0 bridgehead atoms. The van der Waals surface area contributed by atoms with E-state index in [1.165, 1.54) is 12.1 Å². The highest BCUT2D eigenvalue weighted by Gasteiger charge is 2.11. The van der Waals surface area contributed by atoms with E-state index < -0.39 is 5.82 Å². The number of aliphatic hydroxyl groups is 1. The predicted octanol–water partition coefficient (Wildman–Crippen LogP) is 3.78. The highest BCUT2D eigenvalue weighted by atomic mass is 35.5. The number of nitrogens with zero attached hydrogens (tertiary/aromatic N) is 1. The maximum Gasteiger partial charge on any atom is 0.225 e. The SMILES string of the molecule is Cc1cc(C)c(CO)c(Oc2ccc(Cl)c(F)c2)n1. The van der Waals surface area contributed by atoms with E-state index in [-0.39, 0.29) is 23.3 Å². The number of aromatic nitrogens is 1. The van der Waals surface area contributed by atoms with Gasteiger partial charge in [-0.05, 0) is 37.6 Å². The van der Waals surface area contributed by atoms with Crippen molar-refractivity contribution in [1.82, 2.24) is 4.98 Å². The number of hydrogen-bond acceptors (Lipinski definition) is 3. The molecule has 0 saturated heterocycles. The van der Waals surface area contributed by atoms with E-state index in [0.29, 0.717) is 5.56 Å². The van der Waals surface area contributed by atoms with Gasteiger partial charge in [-0.3, -0.25) is 0 Å². The van der Waals surface area contributed by atoms with Crippen molar-refractivity contribution >= 4 is 11.6 Å². The lowest BCUT2D eigenvalue weighted by Crippen LogP contribution is -2.00. The minimum absolute atomic E-state index is 0.0307. The first-order valence-corrected chi connectivity index (χ1v) is 6.10. The molecule has 19 heavy (non-hydrogen) atoms. The number of benzene rings is 1. The molecule has 0 saturated carbocycles. The van der Waals surface area contributed by atoms with Crippen LogP contribution in [-0.2, 0) is 6.61 Å². The largest absolute Gasteiger partial charge is 0.439 e. The zero-order valence-corrected chi connectivity index (χ0v) is 11.3. The van der Waals surface area contributed by atoms with E-state index in [1.807, 2.05) is 19.9 Å². The Bertz CT molecular complexity index is 617. The molecule has 1 aromatic carbocycles. The van der Waals surface area contributed by atoms with Gasteiger partial charge in [0, 0.05) is 17.3 Å². The third kappa shape index (κ3) is 3.03. The molecule has 2 rings (SSSR count). The minimum Gasteiger partial charge on any atom is -0.439 e. The molecule has 0 spiro atoms. The molecule has 1 aromatic heterocycles. The van der Waals surface area contributed by atoms with Gasteiger partial charge in [-0.25, -0.2) is 9.37 Å². The highest BCUT2D eigenvalue weighted by Crippen LogP contribution is 2.28. The Morgan fingerprint density at radius 3 is 2.68 bits per heavy atom. The van der Waals surface area contributed by atoms with Crippen molar-refractivity contribution in [1.29, 1.82) is 0 Å². The number of pyridine rings is 1. The van der Waals surface area contributed by atoms with Crippen LogP contribution in [0, 0.1) is 19.7 Å². The summed E-state index contributed by atoms with van der Waals surface area (Å²) < 4.78 is 18.9.